The molecule has 2 fully saturated rings. The summed E-state index contributed by atoms with van der Waals surface area (Å²) in [4.78, 5) is 60.3. The van der Waals surface area contributed by atoms with Crippen LogP contribution in [0.15, 0.2) is 60.7 Å². The van der Waals surface area contributed by atoms with Gasteiger partial charge in [-0.25, -0.2) is 9.69 Å². The Morgan fingerprint density at radius 1 is 0.953 bits per heavy atom. The third-order valence-electron chi connectivity index (χ3n) is 8.84. The van der Waals surface area contributed by atoms with Crippen molar-refractivity contribution in [3.05, 3.63) is 71.8 Å². The lowest BCUT2D eigenvalue weighted by molar-refractivity contribution is -0.212. The molecule has 0 radical (unpaired) electrons. The third kappa shape index (κ3) is 6.75. The number of benzene rings is 2. The van der Waals surface area contributed by atoms with Crippen LogP contribution in [-0.2, 0) is 19.1 Å². The molecular weight excluding hydrogens is 546 g/mol. The van der Waals surface area contributed by atoms with Gasteiger partial charge >= 0.3 is 6.03 Å². The lowest BCUT2D eigenvalue weighted by Gasteiger charge is -2.53. The summed E-state index contributed by atoms with van der Waals surface area (Å²) in [6, 6.07) is 18.6. The molecule has 5 amide bonds. The molecule has 1 unspecified atom stereocenters. The van der Waals surface area contributed by atoms with Crippen LogP contribution in [0.25, 0.3) is 0 Å². The van der Waals surface area contributed by atoms with E-state index in [1.807, 2.05) is 93.5 Å². The van der Waals surface area contributed by atoms with Gasteiger partial charge in [0.15, 0.2) is 6.23 Å². The number of nitrogens with zero attached hydrogens (tertiary/aromatic N) is 4. The zero-order chi connectivity index (χ0) is 31.1. The lowest BCUT2D eigenvalue weighted by atomic mass is 9.72. The molecule has 1 N–H and O–H groups in total. The first-order chi connectivity index (χ1) is 20.6. The number of imide groups is 1. The van der Waals surface area contributed by atoms with Crippen molar-refractivity contribution >= 4 is 23.8 Å². The second-order valence-corrected chi connectivity index (χ2v) is 11.7. The molecule has 0 saturated carbocycles. The first-order valence-electron chi connectivity index (χ1n) is 15.2. The number of rotatable bonds is 12. The van der Waals surface area contributed by atoms with E-state index in [1.54, 1.807) is 16.8 Å². The van der Waals surface area contributed by atoms with Gasteiger partial charge in [0, 0.05) is 26.7 Å². The highest BCUT2D eigenvalue weighted by atomic mass is 16.5. The zero-order valence-electron chi connectivity index (χ0n) is 26.0. The first-order valence-corrected chi connectivity index (χ1v) is 15.2. The maximum atomic E-state index is 14.1. The van der Waals surface area contributed by atoms with E-state index in [9.17, 15) is 19.2 Å². The van der Waals surface area contributed by atoms with Crippen LogP contribution in [-0.4, -0.2) is 103 Å². The fraction of sp³-hybridized carbons (Fsp3) is 0.515. The van der Waals surface area contributed by atoms with Crippen LogP contribution in [0.5, 0.6) is 0 Å². The van der Waals surface area contributed by atoms with Crippen molar-refractivity contribution < 1.29 is 23.9 Å². The highest BCUT2D eigenvalue weighted by Gasteiger charge is 2.62. The summed E-state index contributed by atoms with van der Waals surface area (Å²) < 4.78 is 6.02. The molecule has 0 aliphatic carbocycles. The van der Waals surface area contributed by atoms with Gasteiger partial charge in [0.2, 0.25) is 17.7 Å². The molecular formula is C33H45N5O5. The van der Waals surface area contributed by atoms with Gasteiger partial charge in [-0.2, -0.15) is 0 Å². The van der Waals surface area contributed by atoms with Crippen molar-refractivity contribution in [1.82, 2.24) is 24.9 Å². The van der Waals surface area contributed by atoms with E-state index in [0.717, 1.165) is 22.4 Å². The molecule has 2 saturated heterocycles. The van der Waals surface area contributed by atoms with E-state index in [4.69, 9.17) is 4.74 Å². The summed E-state index contributed by atoms with van der Waals surface area (Å²) in [6.07, 6.45) is 0.816. The Morgan fingerprint density at radius 3 is 2.07 bits per heavy atom. The smallest absolute Gasteiger partial charge is 0.327 e. The Kier molecular flexibility index (Phi) is 10.6. The number of urea groups is 1. The van der Waals surface area contributed by atoms with Crippen molar-refractivity contribution in [2.75, 3.05) is 47.4 Å². The first kappa shape index (κ1) is 32.2. The molecule has 0 aromatic heterocycles. The van der Waals surface area contributed by atoms with Crippen molar-refractivity contribution in [2.24, 2.45) is 5.41 Å². The SMILES string of the molecule is CCC1(CC)C(=O)N(C(=O)N[C@@H]2CCCN2C(=O)C(c2ccccc2)c2ccccc2)C1OCC(=O)N(C)CCN(C)C. The van der Waals surface area contributed by atoms with Crippen molar-refractivity contribution in [2.45, 2.75) is 57.8 Å². The molecule has 2 aromatic rings. The lowest BCUT2D eigenvalue weighted by Crippen LogP contribution is -2.73. The van der Waals surface area contributed by atoms with E-state index < -0.39 is 29.8 Å². The van der Waals surface area contributed by atoms with E-state index in [0.29, 0.717) is 38.9 Å². The average Bonchev–Trinajstić information content (AvgIpc) is 3.47. The highest BCUT2D eigenvalue weighted by Crippen LogP contribution is 2.46. The van der Waals surface area contributed by atoms with Gasteiger partial charge in [0.1, 0.15) is 12.8 Å². The summed E-state index contributed by atoms with van der Waals surface area (Å²) >= 11 is 0. The minimum absolute atomic E-state index is 0.106. The number of ether oxygens (including phenoxy) is 1. The van der Waals surface area contributed by atoms with Crippen LogP contribution in [0.4, 0.5) is 4.79 Å². The number of amides is 5. The van der Waals surface area contributed by atoms with Crippen LogP contribution in [0.1, 0.15) is 56.6 Å². The predicted octanol–water partition coefficient (Wildman–Crippen LogP) is 3.49. The molecule has 0 spiro atoms. The van der Waals surface area contributed by atoms with Crippen LogP contribution in [0.3, 0.4) is 0 Å². The molecule has 10 heteroatoms. The zero-order valence-corrected chi connectivity index (χ0v) is 26.0. The Morgan fingerprint density at radius 2 is 1.53 bits per heavy atom. The number of likely N-dealkylation sites (tertiary alicyclic amines) is 2. The Balaban J connectivity index is 1.48. The Bertz CT molecular complexity index is 1230. The summed E-state index contributed by atoms with van der Waals surface area (Å²) in [6.45, 7) is 5.28. The van der Waals surface area contributed by atoms with Gasteiger partial charge in [-0.1, -0.05) is 74.5 Å². The fourth-order valence-corrected chi connectivity index (χ4v) is 6.03. The van der Waals surface area contributed by atoms with Crippen molar-refractivity contribution in [1.29, 1.82) is 0 Å². The molecule has 43 heavy (non-hydrogen) atoms. The number of β-lactam (4-membered cyclic amide) rings is 1. The average molecular weight is 592 g/mol. The van der Waals surface area contributed by atoms with E-state index in [-0.39, 0.29) is 24.3 Å². The van der Waals surface area contributed by atoms with Crippen LogP contribution in [0.2, 0.25) is 0 Å². The summed E-state index contributed by atoms with van der Waals surface area (Å²) in [5, 5.41) is 2.95. The van der Waals surface area contributed by atoms with Crippen molar-refractivity contribution in [3.8, 4) is 0 Å². The number of carbonyl (C=O) groups excluding carboxylic acids is 4. The number of hydrogen-bond donors (Lipinski definition) is 1. The largest absolute Gasteiger partial charge is 0.347 e. The van der Waals surface area contributed by atoms with Gasteiger partial charge in [0.25, 0.3) is 0 Å². The standard InChI is InChI=1S/C33H45N5O5/c1-6-33(7-2)30(41)38(31(33)43-23-27(39)36(5)22-21-35(3)4)32(42)34-26-19-14-20-37(26)29(40)28(24-15-10-8-11-16-24)25-17-12-9-13-18-25/h8-13,15-18,26,28,31H,6-7,14,19-23H2,1-5H3,(H,34,42)/t26-,31?/m0/s1. The molecule has 232 valence electrons. The number of nitrogens with one attached hydrogen (secondary N) is 1. The van der Waals surface area contributed by atoms with Gasteiger partial charge in [-0.3, -0.25) is 14.4 Å². The van der Waals surface area contributed by atoms with Crippen LogP contribution < -0.4 is 5.32 Å². The second-order valence-electron chi connectivity index (χ2n) is 11.7. The number of hydrogen-bond acceptors (Lipinski definition) is 6. The Labute approximate surface area is 254 Å². The number of likely N-dealkylation sites (N-methyl/N-ethyl adjacent to an activating group) is 2. The molecule has 2 aliphatic rings. The summed E-state index contributed by atoms with van der Waals surface area (Å²) in [5.41, 5.74) is 0.868. The van der Waals surface area contributed by atoms with E-state index >= 15 is 0 Å². The van der Waals surface area contributed by atoms with Crippen LogP contribution >= 0.6 is 0 Å². The molecule has 10 nitrogen and oxygen atoms in total. The normalized spacial score (nSPS) is 19.5. The van der Waals surface area contributed by atoms with Crippen molar-refractivity contribution in [3.63, 3.8) is 0 Å². The quantitative estimate of drug-likeness (QED) is 0.379. The maximum Gasteiger partial charge on any atom is 0.327 e. The van der Waals surface area contributed by atoms with Gasteiger partial charge < -0.3 is 24.8 Å². The maximum absolute atomic E-state index is 14.1. The summed E-state index contributed by atoms with van der Waals surface area (Å²) in [5.74, 6) is -1.17. The third-order valence-corrected chi connectivity index (χ3v) is 8.84. The fourth-order valence-electron chi connectivity index (χ4n) is 6.03. The number of carbonyl (C=O) groups is 4. The molecule has 2 heterocycles. The van der Waals surface area contributed by atoms with Crippen LogP contribution in [0, 0.1) is 5.41 Å². The highest BCUT2D eigenvalue weighted by molar-refractivity contribution is 6.03. The predicted molar refractivity (Wildman–Crippen MR) is 164 cm³/mol. The minimum Gasteiger partial charge on any atom is -0.347 e. The molecule has 4 rings (SSSR count). The topological polar surface area (TPSA) is 102 Å². The van der Waals surface area contributed by atoms with E-state index in [2.05, 4.69) is 5.32 Å². The van der Waals surface area contributed by atoms with Gasteiger partial charge in [-0.15, -0.1) is 0 Å². The Hall–Kier alpha value is -3.76. The van der Waals surface area contributed by atoms with Gasteiger partial charge in [-0.05, 0) is 50.9 Å². The van der Waals surface area contributed by atoms with Gasteiger partial charge in [0.05, 0.1) is 11.3 Å². The minimum atomic E-state index is -0.878. The summed E-state index contributed by atoms with van der Waals surface area (Å²) in [7, 11) is 5.58. The molecule has 0 bridgehead atoms. The molecule has 2 atom stereocenters. The second kappa shape index (κ2) is 14.1. The van der Waals surface area contributed by atoms with E-state index in [1.165, 1.54) is 0 Å². The monoisotopic (exact) mass is 591 g/mol. The molecule has 2 aliphatic heterocycles. The molecule has 2 aromatic carbocycles.